The fourth-order valence-electron chi connectivity index (χ4n) is 2.06. The van der Waals surface area contributed by atoms with E-state index in [0.29, 0.717) is 5.92 Å². The number of nitrogens with zero attached hydrogens (tertiary/aromatic N) is 4. The lowest BCUT2D eigenvalue weighted by atomic mass is 10.1. The van der Waals surface area contributed by atoms with Crippen molar-refractivity contribution in [3.05, 3.63) is 29.1 Å². The quantitative estimate of drug-likeness (QED) is 0.871. The summed E-state index contributed by atoms with van der Waals surface area (Å²) in [6.07, 6.45) is 6.61. The third-order valence-electron chi connectivity index (χ3n) is 3.01. The van der Waals surface area contributed by atoms with E-state index in [1.165, 1.54) is 0 Å². The Morgan fingerprint density at radius 2 is 2.39 bits per heavy atom. The molecule has 0 aliphatic carbocycles. The van der Waals surface area contributed by atoms with Crippen molar-refractivity contribution in [3.8, 4) is 11.3 Å². The number of ether oxygens (including phenoxy) is 1. The van der Waals surface area contributed by atoms with Crippen LogP contribution in [0.4, 0.5) is 0 Å². The van der Waals surface area contributed by atoms with Crippen molar-refractivity contribution < 1.29 is 4.74 Å². The maximum Gasteiger partial charge on any atom is 0.114 e. The normalized spacial score (nSPS) is 19.3. The molecule has 1 saturated heterocycles. The van der Waals surface area contributed by atoms with Gasteiger partial charge in [0.2, 0.25) is 0 Å². The molecule has 1 aliphatic rings. The Labute approximate surface area is 113 Å². The van der Waals surface area contributed by atoms with Crippen LogP contribution in [-0.4, -0.2) is 33.2 Å². The highest BCUT2D eigenvalue weighted by Gasteiger charge is 2.17. The van der Waals surface area contributed by atoms with Crippen molar-refractivity contribution in [3.63, 3.8) is 0 Å². The van der Waals surface area contributed by atoms with Crippen molar-refractivity contribution in [1.82, 2.24) is 20.0 Å². The molecular weight excluding hydrogens is 296 g/mol. The lowest BCUT2D eigenvalue weighted by Crippen LogP contribution is -2.10. The number of aromatic nitrogens is 4. The van der Waals surface area contributed by atoms with Crippen molar-refractivity contribution in [2.24, 2.45) is 5.92 Å². The number of pyridine rings is 1. The standard InChI is InChI=1S/C12H13BrN4O/c13-11-3-10(4-14-5-11)12-7-17(16-15-12)6-9-1-2-18-8-9/h3-5,7,9H,1-2,6,8H2. The van der Waals surface area contributed by atoms with Crippen LogP contribution >= 0.6 is 15.9 Å². The number of hydrogen-bond donors (Lipinski definition) is 0. The Hall–Kier alpha value is -1.27. The molecule has 3 heterocycles. The summed E-state index contributed by atoms with van der Waals surface area (Å²) in [5.74, 6) is 0.556. The van der Waals surface area contributed by atoms with Crippen molar-refractivity contribution >= 4 is 15.9 Å². The molecule has 2 aromatic heterocycles. The van der Waals surface area contributed by atoms with Crippen molar-refractivity contribution in [1.29, 1.82) is 0 Å². The molecule has 6 heteroatoms. The molecule has 1 aliphatic heterocycles. The molecule has 0 spiro atoms. The summed E-state index contributed by atoms with van der Waals surface area (Å²) in [5, 5.41) is 8.33. The summed E-state index contributed by atoms with van der Waals surface area (Å²) in [7, 11) is 0. The highest BCUT2D eigenvalue weighted by molar-refractivity contribution is 9.10. The van der Waals surface area contributed by atoms with E-state index in [0.717, 1.165) is 41.9 Å². The summed E-state index contributed by atoms with van der Waals surface area (Å²) in [6.45, 7) is 2.56. The molecular formula is C12H13BrN4O. The Kier molecular flexibility index (Phi) is 3.38. The maximum atomic E-state index is 5.36. The summed E-state index contributed by atoms with van der Waals surface area (Å²) in [5.41, 5.74) is 1.82. The smallest absolute Gasteiger partial charge is 0.114 e. The molecule has 0 amide bonds. The molecule has 1 unspecified atom stereocenters. The predicted octanol–water partition coefficient (Wildman–Crippen LogP) is 2.14. The van der Waals surface area contributed by atoms with Crippen molar-refractivity contribution in [2.45, 2.75) is 13.0 Å². The fourth-order valence-corrected chi connectivity index (χ4v) is 2.43. The minimum Gasteiger partial charge on any atom is -0.381 e. The van der Waals surface area contributed by atoms with E-state index < -0.39 is 0 Å². The second-order valence-electron chi connectivity index (χ2n) is 4.45. The third-order valence-corrected chi connectivity index (χ3v) is 3.44. The maximum absolute atomic E-state index is 5.36. The summed E-state index contributed by atoms with van der Waals surface area (Å²) in [4.78, 5) is 4.13. The van der Waals surface area contributed by atoms with Crippen LogP contribution in [0, 0.1) is 5.92 Å². The van der Waals surface area contributed by atoms with E-state index in [9.17, 15) is 0 Å². The molecule has 1 atom stereocenters. The van der Waals surface area contributed by atoms with Crippen LogP contribution in [0.3, 0.4) is 0 Å². The topological polar surface area (TPSA) is 52.8 Å². The van der Waals surface area contributed by atoms with Gasteiger partial charge in [0.05, 0.1) is 12.8 Å². The zero-order valence-electron chi connectivity index (χ0n) is 9.79. The van der Waals surface area contributed by atoms with Crippen LogP contribution < -0.4 is 0 Å². The van der Waals surface area contributed by atoms with Crippen LogP contribution in [0.25, 0.3) is 11.3 Å². The molecule has 0 bridgehead atoms. The van der Waals surface area contributed by atoms with Crippen LogP contribution in [0.1, 0.15) is 6.42 Å². The Bertz CT molecular complexity index is 536. The van der Waals surface area contributed by atoms with Crippen LogP contribution in [-0.2, 0) is 11.3 Å². The van der Waals surface area contributed by atoms with Crippen LogP contribution in [0.15, 0.2) is 29.1 Å². The molecule has 0 N–H and O–H groups in total. The lowest BCUT2D eigenvalue weighted by molar-refractivity contribution is 0.181. The van der Waals surface area contributed by atoms with E-state index in [4.69, 9.17) is 4.74 Å². The van der Waals surface area contributed by atoms with Crippen LogP contribution in [0.2, 0.25) is 0 Å². The minimum absolute atomic E-state index is 0.556. The van der Waals surface area contributed by atoms with Gasteiger partial charge in [-0.3, -0.25) is 9.67 Å². The largest absolute Gasteiger partial charge is 0.381 e. The number of rotatable bonds is 3. The van der Waals surface area contributed by atoms with Gasteiger partial charge in [-0.25, -0.2) is 0 Å². The zero-order valence-corrected chi connectivity index (χ0v) is 11.4. The second-order valence-corrected chi connectivity index (χ2v) is 5.36. The molecule has 1 fully saturated rings. The van der Waals surface area contributed by atoms with Gasteiger partial charge in [-0.2, -0.15) is 0 Å². The number of halogens is 1. The van der Waals surface area contributed by atoms with E-state index in [1.807, 2.05) is 16.9 Å². The fraction of sp³-hybridized carbons (Fsp3) is 0.417. The summed E-state index contributed by atoms with van der Waals surface area (Å²) in [6, 6.07) is 1.99. The van der Waals surface area contributed by atoms with Gasteiger partial charge in [-0.05, 0) is 28.4 Å². The van der Waals surface area contributed by atoms with Gasteiger partial charge in [0.15, 0.2) is 0 Å². The van der Waals surface area contributed by atoms with E-state index in [1.54, 1.807) is 12.4 Å². The Balaban J connectivity index is 1.76. The number of hydrogen-bond acceptors (Lipinski definition) is 4. The van der Waals surface area contributed by atoms with Gasteiger partial charge in [0.25, 0.3) is 0 Å². The first-order valence-electron chi connectivity index (χ1n) is 5.90. The van der Waals surface area contributed by atoms with Crippen molar-refractivity contribution in [2.75, 3.05) is 13.2 Å². The molecule has 94 valence electrons. The van der Waals surface area contributed by atoms with Gasteiger partial charge in [-0.15, -0.1) is 5.10 Å². The van der Waals surface area contributed by atoms with Gasteiger partial charge in [-0.1, -0.05) is 5.21 Å². The average Bonchev–Trinajstić information content (AvgIpc) is 3.01. The van der Waals surface area contributed by atoms with E-state index in [2.05, 4.69) is 31.2 Å². The van der Waals surface area contributed by atoms with E-state index in [-0.39, 0.29) is 0 Å². The molecule has 0 radical (unpaired) electrons. The molecule has 3 rings (SSSR count). The molecule has 0 saturated carbocycles. The van der Waals surface area contributed by atoms with Gasteiger partial charge >= 0.3 is 0 Å². The SMILES string of the molecule is Brc1cncc(-c2cn(CC3CCOC3)nn2)c1. The van der Waals surface area contributed by atoms with Gasteiger partial charge in [0, 0.05) is 41.5 Å². The first-order chi connectivity index (χ1) is 8.81. The first kappa shape index (κ1) is 11.8. The van der Waals surface area contributed by atoms with Gasteiger partial charge < -0.3 is 4.74 Å². The Morgan fingerprint density at radius 1 is 1.44 bits per heavy atom. The summed E-state index contributed by atoms with van der Waals surface area (Å²) >= 11 is 3.40. The zero-order chi connectivity index (χ0) is 12.4. The molecule has 0 aromatic carbocycles. The highest BCUT2D eigenvalue weighted by atomic mass is 79.9. The summed E-state index contributed by atoms with van der Waals surface area (Å²) < 4.78 is 8.19. The predicted molar refractivity (Wildman–Crippen MR) is 69.9 cm³/mol. The molecule has 5 nitrogen and oxygen atoms in total. The molecule has 18 heavy (non-hydrogen) atoms. The van der Waals surface area contributed by atoms with Gasteiger partial charge in [0.1, 0.15) is 5.69 Å². The Morgan fingerprint density at radius 3 is 3.17 bits per heavy atom. The molecule has 2 aromatic rings. The van der Waals surface area contributed by atoms with Crippen LogP contribution in [0.5, 0.6) is 0 Å². The average molecular weight is 309 g/mol. The monoisotopic (exact) mass is 308 g/mol. The highest BCUT2D eigenvalue weighted by Crippen LogP contribution is 2.20. The third kappa shape index (κ3) is 2.59. The lowest BCUT2D eigenvalue weighted by Gasteiger charge is -2.05. The minimum atomic E-state index is 0.556. The first-order valence-corrected chi connectivity index (χ1v) is 6.69. The van der Waals surface area contributed by atoms with E-state index >= 15 is 0 Å². The second kappa shape index (κ2) is 5.16.